The second-order valence-electron chi connectivity index (χ2n) is 8.51. The van der Waals surface area contributed by atoms with E-state index < -0.39 is 14.9 Å². The Morgan fingerprint density at radius 1 is 0.973 bits per heavy atom. The molecule has 0 unspecified atom stereocenters. The summed E-state index contributed by atoms with van der Waals surface area (Å²) in [6.45, 7) is 2.57. The molecule has 1 saturated heterocycles. The van der Waals surface area contributed by atoms with Gasteiger partial charge in [0.25, 0.3) is 5.69 Å². The summed E-state index contributed by atoms with van der Waals surface area (Å²) in [7, 11) is -4.11. The minimum atomic E-state index is -4.11. The second-order valence-corrected chi connectivity index (χ2v) is 12.3. The number of carbonyl (C=O) groups is 1. The van der Waals surface area contributed by atoms with Crippen molar-refractivity contribution in [3.05, 3.63) is 92.0 Å². The first-order chi connectivity index (χ1) is 17.5. The van der Waals surface area contributed by atoms with Crippen LogP contribution in [0.4, 0.5) is 5.69 Å². The van der Waals surface area contributed by atoms with Crippen molar-refractivity contribution >= 4 is 56.6 Å². The van der Waals surface area contributed by atoms with E-state index in [2.05, 4.69) is 0 Å². The lowest BCUT2D eigenvalue weighted by molar-refractivity contribution is -0.385. The molecule has 1 aliphatic heterocycles. The number of piperazine rings is 1. The highest BCUT2D eigenvalue weighted by Crippen LogP contribution is 2.40. The van der Waals surface area contributed by atoms with Crippen LogP contribution in [0.1, 0.15) is 11.1 Å². The number of benzene rings is 3. The van der Waals surface area contributed by atoms with Crippen LogP contribution in [0.5, 0.6) is 0 Å². The number of nitro groups is 1. The summed E-state index contributed by atoms with van der Waals surface area (Å²) in [6, 6.07) is 16.2. The van der Waals surface area contributed by atoms with Crippen molar-refractivity contribution in [3.63, 3.8) is 0 Å². The summed E-state index contributed by atoms with van der Waals surface area (Å²) in [5.41, 5.74) is 1.65. The van der Waals surface area contributed by atoms with Gasteiger partial charge in [-0.2, -0.15) is 4.31 Å². The molecule has 3 aromatic carbocycles. The average Bonchev–Trinajstić information content (AvgIpc) is 2.87. The van der Waals surface area contributed by atoms with E-state index in [0.29, 0.717) is 14.9 Å². The molecule has 0 atom stereocenters. The van der Waals surface area contributed by atoms with Crippen molar-refractivity contribution in [3.8, 4) is 0 Å². The van der Waals surface area contributed by atoms with Crippen LogP contribution in [0.2, 0.25) is 10.0 Å². The third-order valence-corrected chi connectivity index (χ3v) is 9.81. The molecule has 37 heavy (non-hydrogen) atoms. The van der Waals surface area contributed by atoms with Crippen LogP contribution in [0, 0.1) is 17.0 Å². The Bertz CT molecular complexity index is 1440. The zero-order chi connectivity index (χ0) is 26.7. The molecule has 0 N–H and O–H groups in total. The number of carbonyl (C=O) groups excluding carboxylic acids is 1. The molecule has 194 valence electrons. The Hall–Kier alpha value is -2.63. The molecule has 0 aromatic heterocycles. The largest absolute Gasteiger partial charge is 0.340 e. The quantitative estimate of drug-likeness (QED) is 0.273. The lowest BCUT2D eigenvalue weighted by atomic mass is 10.1. The van der Waals surface area contributed by atoms with Gasteiger partial charge in [-0.3, -0.25) is 14.9 Å². The van der Waals surface area contributed by atoms with Gasteiger partial charge < -0.3 is 4.90 Å². The Balaban J connectivity index is 1.54. The van der Waals surface area contributed by atoms with Crippen molar-refractivity contribution in [1.82, 2.24) is 9.21 Å². The van der Waals surface area contributed by atoms with Crippen LogP contribution in [0.3, 0.4) is 0 Å². The molecule has 0 spiro atoms. The Labute approximate surface area is 229 Å². The highest BCUT2D eigenvalue weighted by molar-refractivity contribution is 8.00. The number of hydrogen-bond donors (Lipinski definition) is 0. The number of nitrogens with zero attached hydrogens (tertiary/aromatic N) is 3. The van der Waals surface area contributed by atoms with E-state index in [1.165, 1.54) is 16.4 Å². The van der Waals surface area contributed by atoms with Gasteiger partial charge in [0.1, 0.15) is 4.90 Å². The summed E-state index contributed by atoms with van der Waals surface area (Å²) in [5.74, 6) is -0.0805. The standard InChI is InChI=1S/C25H23Cl2N3O5S2/c1-17-2-4-18(5-3-17)14-25(31)28-10-12-29(13-11-28)37(34,35)24-16-20(30(32)33)7-9-22(24)36-23-15-19(26)6-8-21(23)27/h2-9,15-16H,10-14H2,1H3. The summed E-state index contributed by atoms with van der Waals surface area (Å²) < 4.78 is 28.6. The monoisotopic (exact) mass is 579 g/mol. The van der Waals surface area contributed by atoms with Crippen LogP contribution < -0.4 is 0 Å². The fraction of sp³-hybridized carbons (Fsp3) is 0.240. The predicted molar refractivity (Wildman–Crippen MR) is 144 cm³/mol. The van der Waals surface area contributed by atoms with E-state index in [-0.39, 0.29) is 54.0 Å². The number of non-ortho nitro benzene ring substituents is 1. The van der Waals surface area contributed by atoms with Gasteiger partial charge in [0.05, 0.1) is 16.4 Å². The molecule has 1 amide bonds. The lowest BCUT2D eigenvalue weighted by Crippen LogP contribution is -2.50. The number of nitro benzene ring substituents is 1. The number of rotatable bonds is 7. The molecule has 8 nitrogen and oxygen atoms in total. The van der Waals surface area contributed by atoms with E-state index in [9.17, 15) is 23.3 Å². The maximum absolute atomic E-state index is 13.7. The minimum Gasteiger partial charge on any atom is -0.340 e. The second kappa shape index (κ2) is 11.4. The molecule has 0 aliphatic carbocycles. The highest BCUT2D eigenvalue weighted by Gasteiger charge is 2.33. The van der Waals surface area contributed by atoms with Crippen molar-refractivity contribution in [2.75, 3.05) is 26.2 Å². The van der Waals surface area contributed by atoms with Crippen molar-refractivity contribution in [2.45, 2.75) is 28.0 Å². The molecule has 1 heterocycles. The number of halogens is 2. The molecular formula is C25H23Cl2N3O5S2. The number of hydrogen-bond acceptors (Lipinski definition) is 6. The number of sulfonamides is 1. The summed E-state index contributed by atoms with van der Waals surface area (Å²) in [4.78, 5) is 25.8. The van der Waals surface area contributed by atoms with E-state index in [1.807, 2.05) is 31.2 Å². The fourth-order valence-corrected chi connectivity index (χ4v) is 7.19. The van der Waals surface area contributed by atoms with Gasteiger partial charge >= 0.3 is 0 Å². The molecule has 0 saturated carbocycles. The predicted octanol–water partition coefficient (Wildman–Crippen LogP) is 5.44. The van der Waals surface area contributed by atoms with Crippen LogP contribution in [-0.4, -0.2) is 54.6 Å². The Morgan fingerprint density at radius 2 is 1.65 bits per heavy atom. The van der Waals surface area contributed by atoms with Gasteiger partial charge in [0.2, 0.25) is 15.9 Å². The van der Waals surface area contributed by atoms with Crippen LogP contribution in [0.15, 0.2) is 75.4 Å². The number of aryl methyl sites for hydroxylation is 1. The van der Waals surface area contributed by atoms with Gasteiger partial charge in [0, 0.05) is 53.1 Å². The molecule has 0 radical (unpaired) electrons. The molecular weight excluding hydrogens is 557 g/mol. The summed E-state index contributed by atoms with van der Waals surface area (Å²) in [5, 5.41) is 12.2. The van der Waals surface area contributed by atoms with Crippen LogP contribution >= 0.6 is 35.0 Å². The summed E-state index contributed by atoms with van der Waals surface area (Å²) in [6.07, 6.45) is 0.235. The van der Waals surface area contributed by atoms with Crippen LogP contribution in [0.25, 0.3) is 0 Å². The smallest absolute Gasteiger partial charge is 0.270 e. The zero-order valence-electron chi connectivity index (χ0n) is 19.8. The molecule has 3 aromatic rings. The Kier molecular flexibility index (Phi) is 8.45. The zero-order valence-corrected chi connectivity index (χ0v) is 22.9. The number of amides is 1. The van der Waals surface area contributed by atoms with Gasteiger partial charge in [-0.05, 0) is 36.8 Å². The average molecular weight is 581 g/mol. The first kappa shape index (κ1) is 27.4. The van der Waals surface area contributed by atoms with Crippen molar-refractivity contribution in [2.24, 2.45) is 0 Å². The molecule has 1 fully saturated rings. The first-order valence-corrected chi connectivity index (χ1v) is 14.3. The first-order valence-electron chi connectivity index (χ1n) is 11.3. The van der Waals surface area contributed by atoms with E-state index in [4.69, 9.17) is 23.2 Å². The van der Waals surface area contributed by atoms with E-state index in [1.54, 1.807) is 23.1 Å². The molecule has 12 heteroatoms. The van der Waals surface area contributed by atoms with Gasteiger partial charge in [-0.15, -0.1) is 0 Å². The topological polar surface area (TPSA) is 101 Å². The molecule has 1 aliphatic rings. The van der Waals surface area contributed by atoms with Gasteiger partial charge in [0.15, 0.2) is 0 Å². The minimum absolute atomic E-state index is 0.0761. The van der Waals surface area contributed by atoms with Crippen molar-refractivity contribution < 1.29 is 18.1 Å². The van der Waals surface area contributed by atoms with E-state index >= 15 is 0 Å². The SMILES string of the molecule is Cc1ccc(CC(=O)N2CCN(S(=O)(=O)c3cc([N+](=O)[O-])ccc3Sc3cc(Cl)ccc3Cl)CC2)cc1. The fourth-order valence-electron chi connectivity index (χ4n) is 3.88. The van der Waals surface area contributed by atoms with Gasteiger partial charge in [-0.1, -0.05) is 64.8 Å². The maximum atomic E-state index is 13.7. The highest BCUT2D eigenvalue weighted by atomic mass is 35.5. The summed E-state index contributed by atoms with van der Waals surface area (Å²) >= 11 is 13.4. The molecule has 4 rings (SSSR count). The maximum Gasteiger partial charge on any atom is 0.270 e. The van der Waals surface area contributed by atoms with Gasteiger partial charge in [-0.25, -0.2) is 8.42 Å². The Morgan fingerprint density at radius 3 is 2.30 bits per heavy atom. The third kappa shape index (κ3) is 6.45. The van der Waals surface area contributed by atoms with Crippen LogP contribution in [-0.2, 0) is 21.2 Å². The third-order valence-electron chi connectivity index (χ3n) is 5.94. The normalized spacial score (nSPS) is 14.5. The molecule has 0 bridgehead atoms. The lowest BCUT2D eigenvalue weighted by Gasteiger charge is -2.34. The van der Waals surface area contributed by atoms with Crippen molar-refractivity contribution in [1.29, 1.82) is 0 Å². The van der Waals surface area contributed by atoms with E-state index in [0.717, 1.165) is 29.0 Å².